The number of hydrogen-bond acceptors (Lipinski definition) is 1. The lowest BCUT2D eigenvalue weighted by Crippen LogP contribution is -2.23. The second-order valence-electron chi connectivity index (χ2n) is 2.55. The third kappa shape index (κ3) is 5.34. The van der Waals surface area contributed by atoms with Gasteiger partial charge >= 0.3 is 0 Å². The molecule has 0 unspecified atom stereocenters. The van der Waals surface area contributed by atoms with Gasteiger partial charge in [0.15, 0.2) is 0 Å². The van der Waals surface area contributed by atoms with Crippen LogP contribution in [0.1, 0.15) is 27.2 Å². The summed E-state index contributed by atoms with van der Waals surface area (Å²) in [6.45, 7) is 6.74. The highest BCUT2D eigenvalue weighted by molar-refractivity contribution is 5.75. The van der Waals surface area contributed by atoms with E-state index >= 15 is 0 Å². The zero-order valence-corrected chi connectivity index (χ0v) is 6.40. The van der Waals surface area contributed by atoms with Crippen LogP contribution in [0.3, 0.4) is 0 Å². The first-order valence-corrected chi connectivity index (χ1v) is 3.43. The van der Waals surface area contributed by atoms with Crippen molar-refractivity contribution < 1.29 is 4.79 Å². The van der Waals surface area contributed by atoms with Gasteiger partial charge in [-0.2, -0.15) is 0 Å². The zero-order valence-electron chi connectivity index (χ0n) is 6.40. The minimum Gasteiger partial charge on any atom is -0.356 e. The molecule has 0 saturated carbocycles. The summed E-state index contributed by atoms with van der Waals surface area (Å²) in [7, 11) is 0. The minimum atomic E-state index is 0.160. The molecule has 0 aliphatic rings. The number of hydrogen-bond donors (Lipinski definition) is 1. The van der Waals surface area contributed by atoms with Crippen molar-refractivity contribution in [3.63, 3.8) is 0 Å². The van der Waals surface area contributed by atoms with Crippen LogP contribution in [0.5, 0.6) is 0 Å². The fourth-order valence-electron chi connectivity index (χ4n) is 0.640. The van der Waals surface area contributed by atoms with Crippen LogP contribution in [-0.2, 0) is 4.79 Å². The van der Waals surface area contributed by atoms with Gasteiger partial charge < -0.3 is 5.32 Å². The molecule has 0 fully saturated rings. The predicted molar refractivity (Wildman–Crippen MR) is 38.1 cm³/mol. The average molecular weight is 129 g/mol. The molecule has 0 aliphatic heterocycles. The molecule has 0 heterocycles. The summed E-state index contributed by atoms with van der Waals surface area (Å²) in [5, 5.41) is 2.74. The van der Waals surface area contributed by atoms with Crippen molar-refractivity contribution in [1.82, 2.24) is 5.32 Å². The standard InChI is InChI=1S/C7H15NO/c1-4-8-7(9)5-6(2)3/h6H,4-5H2,1-3H3,(H,8,9). The second-order valence-corrected chi connectivity index (χ2v) is 2.55. The maximum atomic E-state index is 10.7. The first-order valence-electron chi connectivity index (χ1n) is 3.43. The number of nitrogens with one attached hydrogen (secondary N) is 1. The monoisotopic (exact) mass is 129 g/mol. The van der Waals surface area contributed by atoms with E-state index in [1.807, 2.05) is 20.8 Å². The van der Waals surface area contributed by atoms with Crippen molar-refractivity contribution in [3.05, 3.63) is 0 Å². The van der Waals surface area contributed by atoms with Crippen LogP contribution in [0.4, 0.5) is 0 Å². The Morgan fingerprint density at radius 2 is 2.11 bits per heavy atom. The first-order chi connectivity index (χ1) is 4.16. The van der Waals surface area contributed by atoms with E-state index in [0.29, 0.717) is 12.3 Å². The Morgan fingerprint density at radius 1 is 1.56 bits per heavy atom. The molecule has 1 N–H and O–H groups in total. The lowest BCUT2D eigenvalue weighted by molar-refractivity contribution is -0.121. The van der Waals surface area contributed by atoms with Crippen LogP contribution >= 0.6 is 0 Å². The lowest BCUT2D eigenvalue weighted by atomic mass is 10.1. The van der Waals surface area contributed by atoms with Crippen molar-refractivity contribution in [1.29, 1.82) is 0 Å². The third-order valence-electron chi connectivity index (χ3n) is 0.968. The van der Waals surface area contributed by atoms with E-state index < -0.39 is 0 Å². The highest BCUT2D eigenvalue weighted by atomic mass is 16.1. The van der Waals surface area contributed by atoms with Gasteiger partial charge in [-0.1, -0.05) is 13.8 Å². The van der Waals surface area contributed by atoms with Crippen LogP contribution in [0, 0.1) is 5.92 Å². The van der Waals surface area contributed by atoms with E-state index in [0.717, 1.165) is 6.54 Å². The van der Waals surface area contributed by atoms with Crippen molar-refractivity contribution in [2.24, 2.45) is 5.92 Å². The van der Waals surface area contributed by atoms with Gasteiger partial charge in [-0.3, -0.25) is 4.79 Å². The quantitative estimate of drug-likeness (QED) is 0.609. The van der Waals surface area contributed by atoms with E-state index in [1.165, 1.54) is 0 Å². The van der Waals surface area contributed by atoms with Gasteiger partial charge in [-0.05, 0) is 12.8 Å². The van der Waals surface area contributed by atoms with Gasteiger partial charge in [0.05, 0.1) is 0 Å². The predicted octanol–water partition coefficient (Wildman–Crippen LogP) is 1.17. The molecule has 2 nitrogen and oxygen atoms in total. The molecular formula is C7H15NO. The van der Waals surface area contributed by atoms with E-state index in [1.54, 1.807) is 0 Å². The zero-order chi connectivity index (χ0) is 7.28. The molecule has 0 atom stereocenters. The first kappa shape index (κ1) is 8.47. The average Bonchev–Trinajstić information content (AvgIpc) is 1.63. The molecular weight excluding hydrogens is 114 g/mol. The largest absolute Gasteiger partial charge is 0.356 e. The van der Waals surface area contributed by atoms with Crippen LogP contribution in [0.25, 0.3) is 0 Å². The lowest BCUT2D eigenvalue weighted by Gasteiger charge is -2.02. The van der Waals surface area contributed by atoms with E-state index in [2.05, 4.69) is 5.32 Å². The Balaban J connectivity index is 3.27. The molecule has 1 amide bonds. The van der Waals surface area contributed by atoms with Crippen LogP contribution in [0.2, 0.25) is 0 Å². The minimum absolute atomic E-state index is 0.160. The van der Waals surface area contributed by atoms with Crippen molar-refractivity contribution >= 4 is 5.91 Å². The molecule has 0 bridgehead atoms. The molecule has 0 aromatic rings. The maximum Gasteiger partial charge on any atom is 0.220 e. The van der Waals surface area contributed by atoms with Crippen LogP contribution in [-0.4, -0.2) is 12.5 Å². The summed E-state index contributed by atoms with van der Waals surface area (Å²) in [6.07, 6.45) is 0.647. The Hall–Kier alpha value is -0.530. The van der Waals surface area contributed by atoms with Gasteiger partial charge in [0, 0.05) is 13.0 Å². The van der Waals surface area contributed by atoms with Crippen LogP contribution < -0.4 is 5.32 Å². The molecule has 0 aliphatic carbocycles. The van der Waals surface area contributed by atoms with Gasteiger partial charge in [0.2, 0.25) is 5.91 Å². The molecule has 0 saturated heterocycles. The molecule has 0 radical (unpaired) electrons. The van der Waals surface area contributed by atoms with Crippen molar-refractivity contribution in [2.75, 3.05) is 6.54 Å². The summed E-state index contributed by atoms with van der Waals surface area (Å²) in [5.41, 5.74) is 0. The third-order valence-corrected chi connectivity index (χ3v) is 0.968. The molecule has 0 rings (SSSR count). The van der Waals surface area contributed by atoms with E-state index in [9.17, 15) is 4.79 Å². The van der Waals surface area contributed by atoms with Crippen LogP contribution in [0.15, 0.2) is 0 Å². The normalized spacial score (nSPS) is 9.78. The van der Waals surface area contributed by atoms with Crippen molar-refractivity contribution in [3.8, 4) is 0 Å². The molecule has 2 heteroatoms. The number of rotatable bonds is 3. The fraction of sp³-hybridized carbons (Fsp3) is 0.857. The van der Waals surface area contributed by atoms with Gasteiger partial charge in [0.25, 0.3) is 0 Å². The summed E-state index contributed by atoms with van der Waals surface area (Å²) >= 11 is 0. The van der Waals surface area contributed by atoms with Crippen molar-refractivity contribution in [2.45, 2.75) is 27.2 Å². The second kappa shape index (κ2) is 4.36. The topological polar surface area (TPSA) is 29.1 Å². The number of amides is 1. The SMILES string of the molecule is CCNC(=O)CC(C)C. The Labute approximate surface area is 56.6 Å². The van der Waals surface area contributed by atoms with Gasteiger partial charge in [-0.25, -0.2) is 0 Å². The summed E-state index contributed by atoms with van der Waals surface area (Å²) in [5.74, 6) is 0.629. The summed E-state index contributed by atoms with van der Waals surface area (Å²) in [6, 6.07) is 0. The molecule has 0 aromatic carbocycles. The smallest absolute Gasteiger partial charge is 0.220 e. The Morgan fingerprint density at radius 3 is 2.44 bits per heavy atom. The number of carbonyl (C=O) groups is 1. The van der Waals surface area contributed by atoms with E-state index in [-0.39, 0.29) is 5.91 Å². The molecule has 54 valence electrons. The highest BCUT2D eigenvalue weighted by Gasteiger charge is 2.00. The Bertz CT molecular complexity index is 88.9. The molecule has 9 heavy (non-hydrogen) atoms. The van der Waals surface area contributed by atoms with Gasteiger partial charge in [0.1, 0.15) is 0 Å². The fourth-order valence-corrected chi connectivity index (χ4v) is 0.640. The summed E-state index contributed by atoms with van der Waals surface area (Å²) < 4.78 is 0. The van der Waals surface area contributed by atoms with Gasteiger partial charge in [-0.15, -0.1) is 0 Å². The summed E-state index contributed by atoms with van der Waals surface area (Å²) in [4.78, 5) is 10.7. The highest BCUT2D eigenvalue weighted by Crippen LogP contribution is 1.97. The molecule has 0 spiro atoms. The maximum absolute atomic E-state index is 10.7. The number of carbonyl (C=O) groups excluding carboxylic acids is 1. The molecule has 0 aromatic heterocycles. The Kier molecular flexibility index (Phi) is 4.10. The van der Waals surface area contributed by atoms with E-state index in [4.69, 9.17) is 0 Å².